The first-order chi connectivity index (χ1) is 10.7. The second kappa shape index (κ2) is 6.26. The molecule has 6 heteroatoms. The van der Waals surface area contributed by atoms with E-state index < -0.39 is 0 Å². The van der Waals surface area contributed by atoms with E-state index in [9.17, 15) is 9.59 Å². The first-order valence-electron chi connectivity index (χ1n) is 7.10. The summed E-state index contributed by atoms with van der Waals surface area (Å²) in [4.78, 5) is 27.6. The number of anilines is 2. The molecule has 3 amide bonds. The summed E-state index contributed by atoms with van der Waals surface area (Å²) in [6.07, 6.45) is 5.31. The van der Waals surface area contributed by atoms with Crippen molar-refractivity contribution in [1.82, 2.24) is 10.3 Å². The Bertz CT molecular complexity index is 666. The van der Waals surface area contributed by atoms with Crippen molar-refractivity contribution in [3.63, 3.8) is 0 Å². The number of nitrogens with one attached hydrogen (secondary N) is 3. The van der Waals surface area contributed by atoms with Crippen molar-refractivity contribution in [2.24, 2.45) is 0 Å². The molecule has 0 unspecified atom stereocenters. The van der Waals surface area contributed by atoms with Gasteiger partial charge >= 0.3 is 6.03 Å². The van der Waals surface area contributed by atoms with Gasteiger partial charge in [0, 0.05) is 35.4 Å². The molecule has 1 aliphatic rings. The third-order valence-corrected chi connectivity index (χ3v) is 3.26. The highest BCUT2D eigenvalue weighted by Crippen LogP contribution is 2.19. The minimum Gasteiger partial charge on any atom is -0.335 e. The average Bonchev–Trinajstić information content (AvgIpc) is 3.32. The van der Waals surface area contributed by atoms with E-state index in [1.165, 1.54) is 0 Å². The lowest BCUT2D eigenvalue weighted by Crippen LogP contribution is -2.30. The lowest BCUT2D eigenvalue weighted by molar-refractivity contribution is 0.102. The predicted octanol–water partition coefficient (Wildman–Crippen LogP) is 2.62. The van der Waals surface area contributed by atoms with Gasteiger partial charge in [0.1, 0.15) is 0 Å². The maximum Gasteiger partial charge on any atom is 0.319 e. The van der Waals surface area contributed by atoms with Crippen LogP contribution in [0.15, 0.2) is 48.8 Å². The zero-order chi connectivity index (χ0) is 15.4. The number of amides is 3. The molecule has 3 rings (SSSR count). The standard InChI is InChI=1S/C16H16N4O2/c21-15(18-14-7-9-17-10-8-14)11-1-3-12(4-2-11)19-16(22)20-13-5-6-13/h1-4,7-10,13H,5-6H2,(H,17,18,21)(H2,19,20,22). The minimum atomic E-state index is -0.212. The number of pyridine rings is 1. The van der Waals surface area contributed by atoms with Crippen LogP contribution < -0.4 is 16.0 Å². The fourth-order valence-electron chi connectivity index (χ4n) is 1.92. The molecule has 1 fully saturated rings. The Morgan fingerprint density at radius 1 is 0.909 bits per heavy atom. The predicted molar refractivity (Wildman–Crippen MR) is 83.8 cm³/mol. The summed E-state index contributed by atoms with van der Waals surface area (Å²) >= 11 is 0. The Balaban J connectivity index is 1.58. The molecule has 112 valence electrons. The van der Waals surface area contributed by atoms with Crippen LogP contribution in [0, 0.1) is 0 Å². The molecule has 1 saturated carbocycles. The molecule has 0 bridgehead atoms. The van der Waals surface area contributed by atoms with E-state index >= 15 is 0 Å². The molecule has 22 heavy (non-hydrogen) atoms. The van der Waals surface area contributed by atoms with E-state index in [1.54, 1.807) is 48.8 Å². The minimum absolute atomic E-state index is 0.208. The molecule has 1 aromatic heterocycles. The Hall–Kier alpha value is -2.89. The monoisotopic (exact) mass is 296 g/mol. The van der Waals surface area contributed by atoms with Crippen molar-refractivity contribution in [2.45, 2.75) is 18.9 Å². The van der Waals surface area contributed by atoms with E-state index in [0.29, 0.717) is 23.0 Å². The lowest BCUT2D eigenvalue weighted by atomic mass is 10.2. The van der Waals surface area contributed by atoms with Crippen molar-refractivity contribution in [3.05, 3.63) is 54.4 Å². The van der Waals surface area contributed by atoms with Gasteiger partial charge in [-0.3, -0.25) is 9.78 Å². The second-order valence-corrected chi connectivity index (χ2v) is 5.14. The van der Waals surface area contributed by atoms with Crippen LogP contribution in [0.25, 0.3) is 0 Å². The average molecular weight is 296 g/mol. The molecule has 0 aliphatic heterocycles. The maximum atomic E-state index is 12.1. The Morgan fingerprint density at radius 3 is 2.18 bits per heavy atom. The fraction of sp³-hybridized carbons (Fsp3) is 0.188. The summed E-state index contributed by atoms with van der Waals surface area (Å²) in [5, 5.41) is 8.35. The first-order valence-corrected chi connectivity index (χ1v) is 7.10. The van der Waals surface area contributed by atoms with Crippen LogP contribution >= 0.6 is 0 Å². The van der Waals surface area contributed by atoms with Gasteiger partial charge in [-0.15, -0.1) is 0 Å². The first kappa shape index (κ1) is 14.1. The molecule has 6 nitrogen and oxygen atoms in total. The summed E-state index contributed by atoms with van der Waals surface area (Å²) in [6, 6.07) is 10.3. The van der Waals surface area contributed by atoms with E-state index in [2.05, 4.69) is 20.9 Å². The molecule has 1 aliphatic carbocycles. The topological polar surface area (TPSA) is 83.1 Å². The fourth-order valence-corrected chi connectivity index (χ4v) is 1.92. The van der Waals surface area contributed by atoms with Crippen LogP contribution in [-0.4, -0.2) is 23.0 Å². The smallest absolute Gasteiger partial charge is 0.319 e. The third-order valence-electron chi connectivity index (χ3n) is 3.26. The van der Waals surface area contributed by atoms with Gasteiger partial charge in [0.25, 0.3) is 5.91 Å². The van der Waals surface area contributed by atoms with Crippen LogP contribution in [0.4, 0.5) is 16.2 Å². The number of carbonyl (C=O) groups is 2. The van der Waals surface area contributed by atoms with Crippen molar-refractivity contribution in [3.8, 4) is 0 Å². The number of carbonyl (C=O) groups excluding carboxylic acids is 2. The number of urea groups is 1. The molecule has 2 aromatic rings. The summed E-state index contributed by atoms with van der Waals surface area (Å²) in [7, 11) is 0. The van der Waals surface area contributed by atoms with Gasteiger partial charge in [0.2, 0.25) is 0 Å². The lowest BCUT2D eigenvalue weighted by Gasteiger charge is -2.08. The number of hydrogen-bond acceptors (Lipinski definition) is 3. The van der Waals surface area contributed by atoms with Crippen molar-refractivity contribution in [2.75, 3.05) is 10.6 Å². The highest BCUT2D eigenvalue weighted by molar-refractivity contribution is 6.04. The maximum absolute atomic E-state index is 12.1. The van der Waals surface area contributed by atoms with E-state index in [4.69, 9.17) is 0 Å². The van der Waals surface area contributed by atoms with Gasteiger partial charge in [0.05, 0.1) is 0 Å². The molecule has 3 N–H and O–H groups in total. The molecule has 0 atom stereocenters. The molecule has 1 heterocycles. The van der Waals surface area contributed by atoms with Crippen molar-refractivity contribution >= 4 is 23.3 Å². The number of hydrogen-bond donors (Lipinski definition) is 3. The van der Waals surface area contributed by atoms with Gasteiger partial charge in [-0.1, -0.05) is 0 Å². The highest BCUT2D eigenvalue weighted by atomic mass is 16.2. The number of aromatic nitrogens is 1. The number of benzene rings is 1. The molecule has 0 saturated heterocycles. The molecular weight excluding hydrogens is 280 g/mol. The normalized spacial score (nSPS) is 13.3. The largest absolute Gasteiger partial charge is 0.335 e. The van der Waals surface area contributed by atoms with Gasteiger partial charge in [0.15, 0.2) is 0 Å². The van der Waals surface area contributed by atoms with Gasteiger partial charge < -0.3 is 16.0 Å². The van der Waals surface area contributed by atoms with E-state index in [1.807, 2.05) is 0 Å². The van der Waals surface area contributed by atoms with Crippen LogP contribution in [-0.2, 0) is 0 Å². The third kappa shape index (κ3) is 3.82. The van der Waals surface area contributed by atoms with Crippen molar-refractivity contribution in [1.29, 1.82) is 0 Å². The molecule has 0 radical (unpaired) electrons. The summed E-state index contributed by atoms with van der Waals surface area (Å²) in [5.41, 5.74) is 1.86. The zero-order valence-corrected chi connectivity index (χ0v) is 11.9. The van der Waals surface area contributed by atoms with Crippen LogP contribution in [0.2, 0.25) is 0 Å². The summed E-state index contributed by atoms with van der Waals surface area (Å²) < 4.78 is 0. The van der Waals surface area contributed by atoms with Crippen molar-refractivity contribution < 1.29 is 9.59 Å². The van der Waals surface area contributed by atoms with Crippen LogP contribution in [0.3, 0.4) is 0 Å². The zero-order valence-electron chi connectivity index (χ0n) is 11.9. The highest BCUT2D eigenvalue weighted by Gasteiger charge is 2.23. The Labute approximate surface area is 127 Å². The van der Waals surface area contributed by atoms with Gasteiger partial charge in [-0.2, -0.15) is 0 Å². The Kier molecular flexibility index (Phi) is 4.00. The quantitative estimate of drug-likeness (QED) is 0.811. The number of rotatable bonds is 4. The molecular formula is C16H16N4O2. The Morgan fingerprint density at radius 2 is 1.55 bits per heavy atom. The SMILES string of the molecule is O=C(Nc1ccc(C(=O)Nc2ccncc2)cc1)NC1CC1. The molecule has 0 spiro atoms. The van der Waals surface area contributed by atoms with Gasteiger partial charge in [-0.05, 0) is 49.2 Å². The van der Waals surface area contributed by atoms with E-state index in [-0.39, 0.29) is 11.9 Å². The number of nitrogens with zero attached hydrogens (tertiary/aromatic N) is 1. The van der Waals surface area contributed by atoms with E-state index in [0.717, 1.165) is 12.8 Å². The molecule has 1 aromatic carbocycles. The second-order valence-electron chi connectivity index (χ2n) is 5.14. The van der Waals surface area contributed by atoms with Crippen LogP contribution in [0.5, 0.6) is 0 Å². The summed E-state index contributed by atoms with van der Waals surface area (Å²) in [6.45, 7) is 0. The van der Waals surface area contributed by atoms with Gasteiger partial charge in [-0.25, -0.2) is 4.79 Å². The van der Waals surface area contributed by atoms with Crippen LogP contribution in [0.1, 0.15) is 23.2 Å². The summed E-state index contributed by atoms with van der Waals surface area (Å²) in [5.74, 6) is -0.208.